The van der Waals surface area contributed by atoms with Gasteiger partial charge in [0.2, 0.25) is 3.79 Å². The summed E-state index contributed by atoms with van der Waals surface area (Å²) in [7, 11) is 3.10. The number of nitrogens with zero attached hydrogens (tertiary/aromatic N) is 2. The molecule has 0 saturated carbocycles. The van der Waals surface area contributed by atoms with Crippen molar-refractivity contribution in [2.75, 3.05) is 14.2 Å². The van der Waals surface area contributed by atoms with Crippen LogP contribution in [0.1, 0.15) is 5.56 Å². The molecule has 142 valence electrons. The van der Waals surface area contributed by atoms with Gasteiger partial charge in [-0.15, -0.1) is 0 Å². The van der Waals surface area contributed by atoms with Crippen molar-refractivity contribution in [1.82, 2.24) is 10.5 Å². The fourth-order valence-corrected chi connectivity index (χ4v) is 2.92. The Morgan fingerprint density at radius 3 is 2.19 bits per heavy atom. The van der Waals surface area contributed by atoms with Crippen molar-refractivity contribution in [2.24, 2.45) is 5.10 Å². The molecule has 0 aliphatic carbocycles. The maximum atomic E-state index is 6.02. The van der Waals surface area contributed by atoms with Gasteiger partial charge in [0.05, 0.1) is 26.1 Å². The number of halogens is 6. The lowest BCUT2D eigenvalue weighted by Crippen LogP contribution is -2.46. The van der Waals surface area contributed by atoms with Crippen molar-refractivity contribution in [3.8, 4) is 11.5 Å². The number of hydrogen-bond acceptors (Lipinski definition) is 5. The van der Waals surface area contributed by atoms with Gasteiger partial charge in [-0.05, 0) is 23.8 Å². The number of allylic oxidation sites excluding steroid dienone is 2. The van der Waals surface area contributed by atoms with Crippen molar-refractivity contribution in [3.05, 3.63) is 41.1 Å². The van der Waals surface area contributed by atoms with Crippen LogP contribution in [0, 0.1) is 0 Å². The first-order chi connectivity index (χ1) is 12.1. The van der Waals surface area contributed by atoms with Gasteiger partial charge in [0.15, 0.2) is 11.5 Å². The molecule has 0 radical (unpaired) electrons. The topological polar surface area (TPSA) is 46.1 Å². The molecule has 0 atom stereocenters. The number of benzene rings is 1. The molecule has 2 rings (SSSR count). The Balaban J connectivity index is 2.48. The van der Waals surface area contributed by atoms with Crippen LogP contribution >= 0.6 is 69.6 Å². The van der Waals surface area contributed by atoms with E-state index >= 15 is 0 Å². The number of alkyl halides is 6. The Labute approximate surface area is 181 Å². The molecule has 0 spiro atoms. The van der Waals surface area contributed by atoms with E-state index in [1.54, 1.807) is 38.5 Å². The van der Waals surface area contributed by atoms with Gasteiger partial charge >= 0.3 is 0 Å². The highest BCUT2D eigenvalue weighted by atomic mass is 35.6. The van der Waals surface area contributed by atoms with E-state index in [1.165, 1.54) is 6.21 Å². The minimum absolute atomic E-state index is 0.226. The minimum atomic E-state index is -1.88. The molecule has 5 nitrogen and oxygen atoms in total. The van der Waals surface area contributed by atoms with Crippen molar-refractivity contribution < 1.29 is 9.47 Å². The highest BCUT2D eigenvalue weighted by Crippen LogP contribution is 2.41. The highest BCUT2D eigenvalue weighted by molar-refractivity contribution is 6.71. The third-order valence-corrected chi connectivity index (χ3v) is 4.39. The molecule has 1 aliphatic heterocycles. The SMILES string of the molecule is COc1ccc(C=CC2=C(C(Cl)(Cl)Cl)C=NNN2C(Cl)(Cl)Cl)cc1OC. The summed E-state index contributed by atoms with van der Waals surface area (Å²) < 4.78 is 6.83. The fourth-order valence-electron chi connectivity index (χ4n) is 2.10. The standard InChI is InChI=1S/C15H13Cl6N3O2/c1-25-12-6-4-9(7-13(12)26-2)3-5-11-10(14(16,17)18)8-22-23-24(11)15(19,20)21/h3-8,23H,1-2H3. The quantitative estimate of drug-likeness (QED) is 0.459. The molecule has 11 heteroatoms. The predicted octanol–water partition coefficient (Wildman–Crippen LogP) is 5.48. The van der Waals surface area contributed by atoms with Crippen LogP contribution in [0.15, 0.2) is 40.6 Å². The Kier molecular flexibility index (Phi) is 7.10. The normalized spacial score (nSPS) is 15.5. The largest absolute Gasteiger partial charge is 0.493 e. The first-order valence-electron chi connectivity index (χ1n) is 6.95. The Morgan fingerprint density at radius 1 is 1.00 bits per heavy atom. The summed E-state index contributed by atoms with van der Waals surface area (Å²) >= 11 is 36.0. The number of rotatable bonds is 4. The van der Waals surface area contributed by atoms with Crippen molar-refractivity contribution in [3.63, 3.8) is 0 Å². The molecule has 0 saturated heterocycles. The zero-order chi connectivity index (χ0) is 19.5. The van der Waals surface area contributed by atoms with Gasteiger partial charge in [0, 0.05) is 5.57 Å². The van der Waals surface area contributed by atoms with Crippen LogP contribution in [0.5, 0.6) is 11.5 Å². The van der Waals surface area contributed by atoms with E-state index in [0.717, 1.165) is 10.6 Å². The van der Waals surface area contributed by atoms with Gasteiger partial charge in [-0.3, -0.25) is 0 Å². The number of methoxy groups -OCH3 is 2. The number of nitrogens with one attached hydrogen (secondary N) is 1. The zero-order valence-corrected chi connectivity index (χ0v) is 18.0. The molecule has 1 aromatic rings. The first kappa shape index (κ1) is 21.6. The van der Waals surface area contributed by atoms with Gasteiger partial charge in [0.1, 0.15) is 0 Å². The number of hydrazine groups is 1. The summed E-state index contributed by atoms with van der Waals surface area (Å²) in [5.74, 6) is 1.16. The van der Waals surface area contributed by atoms with Crippen molar-refractivity contribution >= 4 is 81.9 Å². The Bertz CT molecular complexity index is 753. The number of ether oxygens (including phenoxy) is 2. The summed E-state index contributed by atoms with van der Waals surface area (Å²) in [4.78, 5) is 0. The highest BCUT2D eigenvalue weighted by Gasteiger charge is 2.38. The minimum Gasteiger partial charge on any atom is -0.493 e. The molecule has 1 N–H and O–H groups in total. The molecule has 0 fully saturated rings. The van der Waals surface area contributed by atoms with Crippen molar-refractivity contribution in [2.45, 2.75) is 7.71 Å². The van der Waals surface area contributed by atoms with Crippen molar-refractivity contribution in [1.29, 1.82) is 0 Å². The summed E-state index contributed by atoms with van der Waals surface area (Å²) in [5, 5.41) is 4.99. The van der Waals surface area contributed by atoms with E-state index in [1.807, 2.05) is 6.07 Å². The maximum Gasteiger partial charge on any atom is 0.286 e. The molecule has 0 unspecified atom stereocenters. The third kappa shape index (κ3) is 5.18. The monoisotopic (exact) mass is 477 g/mol. The third-order valence-electron chi connectivity index (χ3n) is 3.27. The Morgan fingerprint density at radius 2 is 1.65 bits per heavy atom. The second kappa shape index (κ2) is 8.55. The Hall–Kier alpha value is -0.690. The zero-order valence-electron chi connectivity index (χ0n) is 13.4. The van der Waals surface area contributed by atoms with Gasteiger partial charge in [-0.2, -0.15) is 5.10 Å². The number of hydrazone groups is 1. The van der Waals surface area contributed by atoms with Gasteiger partial charge < -0.3 is 9.47 Å². The predicted molar refractivity (Wildman–Crippen MR) is 110 cm³/mol. The second-order valence-corrected chi connectivity index (χ2v) is 9.41. The number of hydrogen-bond donors (Lipinski definition) is 1. The molecular weight excluding hydrogens is 467 g/mol. The van der Waals surface area contributed by atoms with Crippen LogP contribution in [0.25, 0.3) is 6.08 Å². The lowest BCUT2D eigenvalue weighted by molar-refractivity contribution is 0.254. The molecule has 1 aromatic carbocycles. The lowest BCUT2D eigenvalue weighted by Gasteiger charge is -2.35. The van der Waals surface area contributed by atoms with E-state index in [9.17, 15) is 0 Å². The molecule has 1 heterocycles. The molecule has 0 bridgehead atoms. The van der Waals surface area contributed by atoms with Gasteiger partial charge in [0.25, 0.3) is 3.92 Å². The lowest BCUT2D eigenvalue weighted by atomic mass is 10.1. The summed E-state index contributed by atoms with van der Waals surface area (Å²) in [6.07, 6.45) is 4.70. The molecule has 1 aliphatic rings. The molecule has 0 aromatic heterocycles. The van der Waals surface area contributed by atoms with Gasteiger partial charge in [-0.25, -0.2) is 10.5 Å². The van der Waals surface area contributed by atoms with Crippen LogP contribution < -0.4 is 15.0 Å². The molecular formula is C15H13Cl6N3O2. The summed E-state index contributed by atoms with van der Waals surface area (Å²) in [6.45, 7) is 0. The average molecular weight is 480 g/mol. The van der Waals surface area contributed by atoms with Crippen LogP contribution in [0.3, 0.4) is 0 Å². The van der Waals surface area contributed by atoms with E-state index < -0.39 is 7.71 Å². The maximum absolute atomic E-state index is 6.02. The van der Waals surface area contributed by atoms with Crippen LogP contribution in [0.4, 0.5) is 0 Å². The molecule has 0 amide bonds. The summed E-state index contributed by atoms with van der Waals surface area (Å²) in [5.41, 5.74) is 3.89. The summed E-state index contributed by atoms with van der Waals surface area (Å²) in [6, 6.07) is 5.35. The second-order valence-electron chi connectivity index (χ2n) is 4.91. The van der Waals surface area contributed by atoms with E-state index in [0.29, 0.717) is 17.2 Å². The van der Waals surface area contributed by atoms with E-state index in [4.69, 9.17) is 79.1 Å². The van der Waals surface area contributed by atoms with Gasteiger partial charge in [-0.1, -0.05) is 81.7 Å². The fraction of sp³-hybridized carbons (Fsp3) is 0.267. The van der Waals surface area contributed by atoms with Crippen LogP contribution in [0.2, 0.25) is 0 Å². The van der Waals surface area contributed by atoms with E-state index in [2.05, 4.69) is 10.6 Å². The van der Waals surface area contributed by atoms with E-state index in [-0.39, 0.29) is 5.57 Å². The molecule has 26 heavy (non-hydrogen) atoms. The van der Waals surface area contributed by atoms with Crippen LogP contribution in [-0.4, -0.2) is 33.2 Å². The first-order valence-corrected chi connectivity index (χ1v) is 9.22. The average Bonchev–Trinajstić information content (AvgIpc) is 2.57. The van der Waals surface area contributed by atoms with Crippen LogP contribution in [-0.2, 0) is 0 Å². The smallest absolute Gasteiger partial charge is 0.286 e.